The van der Waals surface area contributed by atoms with Crippen molar-refractivity contribution in [3.63, 3.8) is 0 Å². The molecule has 0 saturated heterocycles. The highest BCUT2D eigenvalue weighted by Gasteiger charge is 2.21. The van der Waals surface area contributed by atoms with Gasteiger partial charge in [-0.1, -0.05) is 146 Å². The number of para-hydroxylation sites is 2. The smallest absolute Gasteiger partial charge is 0.137 e. The van der Waals surface area contributed by atoms with Crippen LogP contribution in [0.3, 0.4) is 0 Å². The first-order chi connectivity index (χ1) is 22.8. The molecule has 0 bridgehead atoms. The number of nitrogens with zero attached hydrogens (tertiary/aromatic N) is 1. The lowest BCUT2D eigenvalue weighted by atomic mass is 9.85. The fourth-order valence-corrected chi connectivity index (χ4v) is 6.47. The summed E-state index contributed by atoms with van der Waals surface area (Å²) >= 11 is 0. The summed E-state index contributed by atoms with van der Waals surface area (Å²) in [5, 5.41) is 2.20. The van der Waals surface area contributed by atoms with Gasteiger partial charge in [-0.3, -0.25) is 0 Å². The lowest BCUT2D eigenvalue weighted by Crippen LogP contribution is -2.10. The van der Waals surface area contributed by atoms with E-state index in [4.69, 9.17) is 4.42 Å². The van der Waals surface area contributed by atoms with Gasteiger partial charge in [0.15, 0.2) is 0 Å². The minimum absolute atomic E-state index is 0.871. The fraction of sp³-hybridized carbons (Fsp3) is 0. The molecule has 2 nitrogen and oxygen atoms in total. The molecular formula is C44H31NO. The van der Waals surface area contributed by atoms with Crippen LogP contribution >= 0.6 is 0 Å². The third kappa shape index (κ3) is 5.06. The number of hydrogen-bond donors (Lipinski definition) is 0. The van der Waals surface area contributed by atoms with Gasteiger partial charge < -0.3 is 9.32 Å². The molecule has 0 atom stereocenters. The highest BCUT2D eigenvalue weighted by Crippen LogP contribution is 2.44. The Bertz CT molecular complexity index is 2240. The standard InChI is InChI=1S/C44H31NO/c1-5-17-32(18-6-1)42(33-19-7-2-8-20-33)43(34-21-9-3-10-22-34)35-23-15-26-37(31-35)45(36-24-11-4-12-25-36)39-28-16-30-41-44(39)38-27-13-14-29-40(38)46-41/h1-31H. The number of rotatable bonds is 7. The Morgan fingerprint density at radius 1 is 0.370 bits per heavy atom. The molecule has 0 spiro atoms. The van der Waals surface area contributed by atoms with Gasteiger partial charge in [-0.15, -0.1) is 0 Å². The van der Waals surface area contributed by atoms with E-state index in [0.717, 1.165) is 50.1 Å². The third-order valence-electron chi connectivity index (χ3n) is 8.47. The van der Waals surface area contributed by atoms with Crippen LogP contribution < -0.4 is 4.90 Å². The van der Waals surface area contributed by atoms with E-state index in [1.807, 2.05) is 12.1 Å². The molecule has 8 rings (SSSR count). The Morgan fingerprint density at radius 3 is 1.46 bits per heavy atom. The van der Waals surface area contributed by atoms with Crippen LogP contribution in [0, 0.1) is 0 Å². The second-order valence-corrected chi connectivity index (χ2v) is 11.3. The summed E-state index contributed by atoms with van der Waals surface area (Å²) in [5.74, 6) is 0. The lowest BCUT2D eigenvalue weighted by molar-refractivity contribution is 0.669. The van der Waals surface area contributed by atoms with Gasteiger partial charge in [0.05, 0.1) is 11.1 Å². The van der Waals surface area contributed by atoms with Crippen LogP contribution in [0.1, 0.15) is 22.3 Å². The molecule has 0 radical (unpaired) electrons. The Kier molecular flexibility index (Phi) is 7.22. The summed E-state index contributed by atoms with van der Waals surface area (Å²) in [6.07, 6.45) is 0. The molecule has 218 valence electrons. The van der Waals surface area contributed by atoms with Crippen molar-refractivity contribution in [3.8, 4) is 0 Å². The number of anilines is 3. The summed E-state index contributed by atoms with van der Waals surface area (Å²) in [6, 6.07) is 66.3. The summed E-state index contributed by atoms with van der Waals surface area (Å²) < 4.78 is 6.33. The topological polar surface area (TPSA) is 16.4 Å². The zero-order chi connectivity index (χ0) is 30.7. The van der Waals surface area contributed by atoms with Crippen molar-refractivity contribution in [2.45, 2.75) is 0 Å². The van der Waals surface area contributed by atoms with Crippen LogP contribution in [0.4, 0.5) is 17.1 Å². The van der Waals surface area contributed by atoms with Crippen molar-refractivity contribution >= 4 is 50.1 Å². The average Bonchev–Trinajstić information content (AvgIpc) is 3.52. The second-order valence-electron chi connectivity index (χ2n) is 11.3. The van der Waals surface area contributed by atoms with Gasteiger partial charge in [0, 0.05) is 16.8 Å². The SMILES string of the molecule is c1ccc(C(=C(c2ccccc2)c2cccc(N(c3ccccc3)c3cccc4oc5ccccc5c34)c2)c2ccccc2)cc1. The first-order valence-corrected chi connectivity index (χ1v) is 15.6. The maximum absolute atomic E-state index is 6.33. The largest absolute Gasteiger partial charge is 0.456 e. The van der Waals surface area contributed by atoms with Crippen molar-refractivity contribution < 1.29 is 4.42 Å². The van der Waals surface area contributed by atoms with Crippen molar-refractivity contribution in [1.82, 2.24) is 0 Å². The molecule has 46 heavy (non-hydrogen) atoms. The molecule has 0 saturated carbocycles. The zero-order valence-electron chi connectivity index (χ0n) is 25.3. The molecule has 0 aliphatic rings. The van der Waals surface area contributed by atoms with Crippen LogP contribution in [0.2, 0.25) is 0 Å². The predicted octanol–water partition coefficient (Wildman–Crippen LogP) is 12.1. The predicted molar refractivity (Wildman–Crippen MR) is 193 cm³/mol. The van der Waals surface area contributed by atoms with Crippen LogP contribution in [-0.4, -0.2) is 0 Å². The van der Waals surface area contributed by atoms with E-state index in [-0.39, 0.29) is 0 Å². The zero-order valence-corrected chi connectivity index (χ0v) is 25.3. The minimum Gasteiger partial charge on any atom is -0.456 e. The Balaban J connectivity index is 1.41. The molecule has 1 aromatic heterocycles. The van der Waals surface area contributed by atoms with E-state index in [0.29, 0.717) is 0 Å². The quantitative estimate of drug-likeness (QED) is 0.172. The molecule has 0 N–H and O–H groups in total. The summed E-state index contributed by atoms with van der Waals surface area (Å²) in [7, 11) is 0. The Morgan fingerprint density at radius 2 is 0.826 bits per heavy atom. The molecule has 0 fully saturated rings. The number of hydrogen-bond acceptors (Lipinski definition) is 2. The number of fused-ring (bicyclic) bond motifs is 3. The van der Waals surface area contributed by atoms with E-state index in [1.54, 1.807) is 0 Å². The van der Waals surface area contributed by atoms with Crippen LogP contribution in [0.15, 0.2) is 192 Å². The van der Waals surface area contributed by atoms with Crippen LogP contribution in [0.25, 0.3) is 33.1 Å². The van der Waals surface area contributed by atoms with Crippen molar-refractivity contribution in [2.24, 2.45) is 0 Å². The molecule has 0 unspecified atom stereocenters. The van der Waals surface area contributed by atoms with Gasteiger partial charge in [-0.25, -0.2) is 0 Å². The first kappa shape index (κ1) is 27.4. The fourth-order valence-electron chi connectivity index (χ4n) is 6.47. The molecule has 7 aromatic carbocycles. The first-order valence-electron chi connectivity index (χ1n) is 15.6. The third-order valence-corrected chi connectivity index (χ3v) is 8.47. The highest BCUT2D eigenvalue weighted by atomic mass is 16.3. The van der Waals surface area contributed by atoms with E-state index in [9.17, 15) is 0 Å². The molecule has 8 aromatic rings. The van der Waals surface area contributed by atoms with E-state index >= 15 is 0 Å². The molecule has 0 aliphatic carbocycles. The number of furan rings is 1. The van der Waals surface area contributed by atoms with E-state index < -0.39 is 0 Å². The minimum atomic E-state index is 0.871. The monoisotopic (exact) mass is 589 g/mol. The summed E-state index contributed by atoms with van der Waals surface area (Å²) in [4.78, 5) is 2.35. The maximum atomic E-state index is 6.33. The van der Waals surface area contributed by atoms with Crippen molar-refractivity contribution in [3.05, 3.63) is 210 Å². The molecule has 0 aliphatic heterocycles. The molecule has 0 amide bonds. The molecule has 2 heteroatoms. The average molecular weight is 590 g/mol. The number of benzene rings is 7. The van der Waals surface area contributed by atoms with Gasteiger partial charge in [-0.2, -0.15) is 0 Å². The van der Waals surface area contributed by atoms with Gasteiger partial charge in [0.25, 0.3) is 0 Å². The van der Waals surface area contributed by atoms with Gasteiger partial charge in [0.2, 0.25) is 0 Å². The van der Waals surface area contributed by atoms with Gasteiger partial charge in [-0.05, 0) is 75.9 Å². The van der Waals surface area contributed by atoms with E-state index in [1.165, 1.54) is 22.3 Å². The summed E-state index contributed by atoms with van der Waals surface area (Å²) in [5.41, 5.74) is 12.0. The highest BCUT2D eigenvalue weighted by molar-refractivity contribution is 6.13. The maximum Gasteiger partial charge on any atom is 0.137 e. The second kappa shape index (κ2) is 12.1. The van der Waals surface area contributed by atoms with Gasteiger partial charge in [0.1, 0.15) is 11.2 Å². The van der Waals surface area contributed by atoms with Crippen LogP contribution in [0.5, 0.6) is 0 Å². The lowest BCUT2D eigenvalue weighted by Gasteiger charge is -2.27. The summed E-state index contributed by atoms with van der Waals surface area (Å²) in [6.45, 7) is 0. The van der Waals surface area contributed by atoms with Crippen molar-refractivity contribution in [2.75, 3.05) is 4.90 Å². The van der Waals surface area contributed by atoms with Crippen molar-refractivity contribution in [1.29, 1.82) is 0 Å². The molecular weight excluding hydrogens is 558 g/mol. The Labute approximate surface area is 269 Å². The normalized spacial score (nSPS) is 11.0. The Hall–Kier alpha value is -6.12. The van der Waals surface area contributed by atoms with Crippen LogP contribution in [-0.2, 0) is 0 Å². The molecule has 1 heterocycles. The van der Waals surface area contributed by atoms with Gasteiger partial charge >= 0.3 is 0 Å². The van der Waals surface area contributed by atoms with E-state index in [2.05, 4.69) is 181 Å².